The van der Waals surface area contributed by atoms with Gasteiger partial charge in [0.2, 0.25) is 0 Å². The van der Waals surface area contributed by atoms with Crippen LogP contribution in [-0.2, 0) is 0 Å². The SMILES string of the molecule is CC1CCC/C=C\C=C/C(C)C(C)(C)C(C)C=C1N. The lowest BCUT2D eigenvalue weighted by Crippen LogP contribution is -2.28. The second-order valence-corrected chi connectivity index (χ2v) is 6.71. The number of hydrogen-bond donors (Lipinski definition) is 1. The van der Waals surface area contributed by atoms with Crippen LogP contribution in [0, 0.1) is 23.2 Å². The van der Waals surface area contributed by atoms with Crippen molar-refractivity contribution in [3.63, 3.8) is 0 Å². The van der Waals surface area contributed by atoms with Crippen LogP contribution in [0.2, 0.25) is 0 Å². The van der Waals surface area contributed by atoms with Crippen molar-refractivity contribution in [2.75, 3.05) is 0 Å². The Hall–Kier alpha value is -0.980. The fraction of sp³-hybridized carbons (Fsp3) is 0.667. The molecule has 1 nitrogen and oxygen atoms in total. The van der Waals surface area contributed by atoms with E-state index in [9.17, 15) is 0 Å². The molecular formula is C18H31N. The maximum Gasteiger partial charge on any atom is 0.00716 e. The molecule has 1 rings (SSSR count). The molecule has 0 aromatic carbocycles. The maximum absolute atomic E-state index is 6.28. The zero-order chi connectivity index (χ0) is 14.5. The van der Waals surface area contributed by atoms with Gasteiger partial charge in [0.1, 0.15) is 0 Å². The van der Waals surface area contributed by atoms with Crippen molar-refractivity contribution < 1.29 is 0 Å². The molecule has 108 valence electrons. The summed E-state index contributed by atoms with van der Waals surface area (Å²) in [6, 6.07) is 0. The molecule has 0 saturated carbocycles. The fourth-order valence-electron chi connectivity index (χ4n) is 2.44. The molecule has 0 aromatic heterocycles. The molecule has 1 aliphatic rings. The van der Waals surface area contributed by atoms with Gasteiger partial charge in [-0.15, -0.1) is 0 Å². The summed E-state index contributed by atoms with van der Waals surface area (Å²) >= 11 is 0. The fourth-order valence-corrected chi connectivity index (χ4v) is 2.44. The van der Waals surface area contributed by atoms with Gasteiger partial charge in [0.25, 0.3) is 0 Å². The Labute approximate surface area is 119 Å². The first-order chi connectivity index (χ1) is 8.85. The van der Waals surface area contributed by atoms with Gasteiger partial charge in [-0.2, -0.15) is 0 Å². The van der Waals surface area contributed by atoms with E-state index in [0.717, 1.165) is 12.1 Å². The Morgan fingerprint density at radius 1 is 1.11 bits per heavy atom. The van der Waals surface area contributed by atoms with Crippen LogP contribution in [0.1, 0.15) is 53.9 Å². The molecule has 1 aliphatic carbocycles. The molecule has 3 unspecified atom stereocenters. The third-order valence-electron chi connectivity index (χ3n) is 5.01. The lowest BCUT2D eigenvalue weighted by molar-refractivity contribution is 0.205. The van der Waals surface area contributed by atoms with Gasteiger partial charge in [-0.05, 0) is 42.4 Å². The molecule has 0 saturated heterocycles. The monoisotopic (exact) mass is 261 g/mol. The third kappa shape index (κ3) is 4.56. The van der Waals surface area contributed by atoms with Crippen molar-refractivity contribution in [1.29, 1.82) is 0 Å². The lowest BCUT2D eigenvalue weighted by atomic mass is 9.70. The van der Waals surface area contributed by atoms with E-state index in [1.807, 2.05) is 0 Å². The molecule has 0 aromatic rings. The highest BCUT2D eigenvalue weighted by Gasteiger charge is 2.29. The van der Waals surface area contributed by atoms with E-state index in [1.165, 1.54) is 12.8 Å². The van der Waals surface area contributed by atoms with Crippen LogP contribution in [0.3, 0.4) is 0 Å². The van der Waals surface area contributed by atoms with E-state index >= 15 is 0 Å². The first kappa shape index (κ1) is 16.1. The molecule has 0 radical (unpaired) electrons. The van der Waals surface area contributed by atoms with Crippen LogP contribution in [0.15, 0.2) is 36.1 Å². The summed E-state index contributed by atoms with van der Waals surface area (Å²) in [7, 11) is 0. The molecule has 1 heteroatoms. The highest BCUT2D eigenvalue weighted by molar-refractivity contribution is 5.11. The molecule has 3 atom stereocenters. The predicted octanol–water partition coefficient (Wildman–Crippen LogP) is 5.06. The lowest BCUT2D eigenvalue weighted by Gasteiger charge is -2.35. The van der Waals surface area contributed by atoms with Gasteiger partial charge in [0.15, 0.2) is 0 Å². The van der Waals surface area contributed by atoms with E-state index in [0.29, 0.717) is 17.8 Å². The van der Waals surface area contributed by atoms with E-state index in [1.54, 1.807) is 0 Å². The molecule has 19 heavy (non-hydrogen) atoms. The number of hydrogen-bond acceptors (Lipinski definition) is 1. The second-order valence-electron chi connectivity index (χ2n) is 6.71. The minimum atomic E-state index is 0.225. The number of rotatable bonds is 0. The largest absolute Gasteiger partial charge is 0.402 e. The van der Waals surface area contributed by atoms with Crippen molar-refractivity contribution in [2.45, 2.75) is 53.9 Å². The summed E-state index contributed by atoms with van der Waals surface area (Å²) in [6.07, 6.45) is 14.8. The number of allylic oxidation sites excluding steroid dienone is 6. The molecule has 0 aliphatic heterocycles. The van der Waals surface area contributed by atoms with E-state index in [-0.39, 0.29) is 5.41 Å². The van der Waals surface area contributed by atoms with Gasteiger partial charge in [-0.3, -0.25) is 0 Å². The zero-order valence-electron chi connectivity index (χ0n) is 13.3. The normalized spacial score (nSPS) is 36.3. The van der Waals surface area contributed by atoms with Crippen LogP contribution in [-0.4, -0.2) is 0 Å². The van der Waals surface area contributed by atoms with Crippen LogP contribution >= 0.6 is 0 Å². The van der Waals surface area contributed by atoms with Crippen LogP contribution in [0.4, 0.5) is 0 Å². The predicted molar refractivity (Wildman–Crippen MR) is 85.7 cm³/mol. The smallest absolute Gasteiger partial charge is 0.00716 e. The van der Waals surface area contributed by atoms with Gasteiger partial charge >= 0.3 is 0 Å². The average molecular weight is 261 g/mol. The number of nitrogens with two attached hydrogens (primary N) is 1. The van der Waals surface area contributed by atoms with E-state index < -0.39 is 0 Å². The third-order valence-corrected chi connectivity index (χ3v) is 5.01. The van der Waals surface area contributed by atoms with E-state index in [4.69, 9.17) is 5.73 Å². The minimum absolute atomic E-state index is 0.225. The van der Waals surface area contributed by atoms with Gasteiger partial charge in [0.05, 0.1) is 0 Å². The maximum atomic E-state index is 6.28. The van der Waals surface area contributed by atoms with Crippen molar-refractivity contribution in [3.8, 4) is 0 Å². The Balaban J connectivity index is 2.99. The highest BCUT2D eigenvalue weighted by atomic mass is 14.6. The Bertz CT molecular complexity index is 360. The molecule has 2 N–H and O–H groups in total. The van der Waals surface area contributed by atoms with Crippen LogP contribution < -0.4 is 5.73 Å². The van der Waals surface area contributed by atoms with Crippen molar-refractivity contribution >= 4 is 0 Å². The van der Waals surface area contributed by atoms with Crippen molar-refractivity contribution in [2.24, 2.45) is 28.9 Å². The quantitative estimate of drug-likeness (QED) is 0.648. The molecule has 0 fully saturated rings. The van der Waals surface area contributed by atoms with E-state index in [2.05, 4.69) is 65.0 Å². The van der Waals surface area contributed by atoms with Gasteiger partial charge in [-0.25, -0.2) is 0 Å². The van der Waals surface area contributed by atoms with Crippen molar-refractivity contribution in [1.82, 2.24) is 0 Å². The molecule has 0 heterocycles. The van der Waals surface area contributed by atoms with Gasteiger partial charge in [0, 0.05) is 5.70 Å². The highest BCUT2D eigenvalue weighted by Crippen LogP contribution is 2.37. The van der Waals surface area contributed by atoms with Crippen LogP contribution in [0.5, 0.6) is 0 Å². The summed E-state index contributed by atoms with van der Waals surface area (Å²) in [5, 5.41) is 0. The Morgan fingerprint density at radius 2 is 1.79 bits per heavy atom. The molecule has 0 spiro atoms. The summed E-state index contributed by atoms with van der Waals surface area (Å²) in [4.78, 5) is 0. The Kier molecular flexibility index (Phi) is 5.90. The molecular weight excluding hydrogens is 230 g/mol. The first-order valence-electron chi connectivity index (χ1n) is 7.66. The topological polar surface area (TPSA) is 26.0 Å². The summed E-state index contributed by atoms with van der Waals surface area (Å²) in [6.45, 7) is 11.5. The van der Waals surface area contributed by atoms with Gasteiger partial charge in [-0.1, -0.05) is 65.0 Å². The second kappa shape index (κ2) is 6.98. The average Bonchev–Trinajstić information content (AvgIpc) is 2.36. The molecule has 0 amide bonds. The summed E-state index contributed by atoms with van der Waals surface area (Å²) in [5.74, 6) is 1.52. The summed E-state index contributed by atoms with van der Waals surface area (Å²) < 4.78 is 0. The Morgan fingerprint density at radius 3 is 2.47 bits per heavy atom. The van der Waals surface area contributed by atoms with Crippen molar-refractivity contribution in [3.05, 3.63) is 36.1 Å². The minimum Gasteiger partial charge on any atom is -0.402 e. The molecule has 0 bridgehead atoms. The standard InChI is InChI=1S/C18H31N/c1-14-11-9-7-6-8-10-12-15(2)18(4,5)16(3)13-17(14)19/h6,8,10,12-16H,7,9,11,19H2,1-5H3/b8-6-,12-10-,17-13?. The first-order valence-corrected chi connectivity index (χ1v) is 7.66. The zero-order valence-corrected chi connectivity index (χ0v) is 13.3. The summed E-state index contributed by atoms with van der Waals surface area (Å²) in [5.41, 5.74) is 7.57. The van der Waals surface area contributed by atoms with Gasteiger partial charge < -0.3 is 5.73 Å². The van der Waals surface area contributed by atoms with Crippen LogP contribution in [0.25, 0.3) is 0 Å².